The molecule has 1 heterocycles. The first kappa shape index (κ1) is 10.1. The maximum absolute atomic E-state index is 11.0. The molecule has 1 aliphatic rings. The summed E-state index contributed by atoms with van der Waals surface area (Å²) in [5.74, 6) is -0.852. The molecule has 17 heavy (non-hydrogen) atoms. The molecular weight excluding hydrogens is 218 g/mol. The highest BCUT2D eigenvalue weighted by atomic mass is 16.5. The molecule has 4 nitrogen and oxygen atoms in total. The highest BCUT2D eigenvalue weighted by Crippen LogP contribution is 2.34. The van der Waals surface area contributed by atoms with E-state index in [2.05, 4.69) is 17.3 Å². The fourth-order valence-electron chi connectivity index (χ4n) is 2.45. The highest BCUT2D eigenvalue weighted by molar-refractivity contribution is 5.88. The van der Waals surface area contributed by atoms with Gasteiger partial charge in [-0.25, -0.2) is 4.79 Å². The lowest BCUT2D eigenvalue weighted by molar-refractivity contribution is 0.0694. The standard InChI is InChI=1S/C13H11NO3/c15-13(16)11-7-17-14-12(11)10-5-8-3-1-2-4-9(8)6-10/h1-4,7,10H,5-6H2,(H,15,16). The summed E-state index contributed by atoms with van der Waals surface area (Å²) in [4.78, 5) is 11.0. The molecule has 3 rings (SSSR count). The monoisotopic (exact) mass is 229 g/mol. The minimum atomic E-state index is -0.975. The molecule has 0 saturated heterocycles. The van der Waals surface area contributed by atoms with Crippen LogP contribution in [0.5, 0.6) is 0 Å². The van der Waals surface area contributed by atoms with Gasteiger partial charge in [-0.2, -0.15) is 0 Å². The van der Waals surface area contributed by atoms with Gasteiger partial charge in [-0.3, -0.25) is 0 Å². The molecule has 86 valence electrons. The number of hydrogen-bond donors (Lipinski definition) is 1. The first-order valence-electron chi connectivity index (χ1n) is 5.50. The third-order valence-electron chi connectivity index (χ3n) is 3.27. The zero-order valence-electron chi connectivity index (χ0n) is 9.09. The van der Waals surface area contributed by atoms with Gasteiger partial charge in [0.05, 0.1) is 0 Å². The van der Waals surface area contributed by atoms with Crippen molar-refractivity contribution in [2.75, 3.05) is 0 Å². The molecule has 0 bridgehead atoms. The predicted octanol–water partition coefficient (Wildman–Crippen LogP) is 2.26. The summed E-state index contributed by atoms with van der Waals surface area (Å²) in [5, 5.41) is 12.9. The first-order valence-corrected chi connectivity index (χ1v) is 5.50. The summed E-state index contributed by atoms with van der Waals surface area (Å²) < 4.78 is 4.79. The molecule has 0 atom stereocenters. The zero-order valence-corrected chi connectivity index (χ0v) is 9.09. The van der Waals surface area contributed by atoms with Crippen LogP contribution in [0.2, 0.25) is 0 Å². The lowest BCUT2D eigenvalue weighted by Crippen LogP contribution is -2.06. The number of rotatable bonds is 2. The van der Waals surface area contributed by atoms with E-state index in [1.54, 1.807) is 0 Å². The van der Waals surface area contributed by atoms with Crippen LogP contribution >= 0.6 is 0 Å². The third-order valence-corrected chi connectivity index (χ3v) is 3.27. The quantitative estimate of drug-likeness (QED) is 0.857. The highest BCUT2D eigenvalue weighted by Gasteiger charge is 2.29. The Kier molecular flexibility index (Phi) is 2.21. The Morgan fingerprint density at radius 1 is 1.29 bits per heavy atom. The van der Waals surface area contributed by atoms with Crippen molar-refractivity contribution in [3.63, 3.8) is 0 Å². The number of fused-ring (bicyclic) bond motifs is 1. The number of benzene rings is 1. The molecule has 0 aliphatic heterocycles. The summed E-state index contributed by atoms with van der Waals surface area (Å²) in [5.41, 5.74) is 3.30. The Bertz CT molecular complexity index is 549. The van der Waals surface area contributed by atoms with Gasteiger partial charge in [0.1, 0.15) is 17.5 Å². The Morgan fingerprint density at radius 2 is 1.94 bits per heavy atom. The lowest BCUT2D eigenvalue weighted by atomic mass is 9.99. The smallest absolute Gasteiger partial charge is 0.340 e. The van der Waals surface area contributed by atoms with E-state index in [0.717, 1.165) is 12.8 Å². The third kappa shape index (κ3) is 1.62. The van der Waals surface area contributed by atoms with Crippen LogP contribution in [-0.4, -0.2) is 16.2 Å². The second kappa shape index (κ2) is 3.73. The van der Waals surface area contributed by atoms with Crippen molar-refractivity contribution < 1.29 is 14.4 Å². The van der Waals surface area contributed by atoms with Crippen molar-refractivity contribution in [2.24, 2.45) is 0 Å². The average Bonchev–Trinajstić information content (AvgIpc) is 2.95. The van der Waals surface area contributed by atoms with Crippen LogP contribution in [0.4, 0.5) is 0 Å². The number of carbonyl (C=O) groups is 1. The SMILES string of the molecule is O=C(O)c1conc1C1Cc2ccccc2C1. The molecule has 1 aliphatic carbocycles. The summed E-state index contributed by atoms with van der Waals surface area (Å²) >= 11 is 0. The van der Waals surface area contributed by atoms with E-state index in [1.807, 2.05) is 12.1 Å². The largest absolute Gasteiger partial charge is 0.478 e. The first-order chi connectivity index (χ1) is 8.25. The molecule has 0 fully saturated rings. The van der Waals surface area contributed by atoms with E-state index in [1.165, 1.54) is 17.4 Å². The number of carboxylic acid groups (broad SMARTS) is 1. The topological polar surface area (TPSA) is 63.3 Å². The normalized spacial score (nSPS) is 14.8. The van der Waals surface area contributed by atoms with E-state index < -0.39 is 5.97 Å². The maximum Gasteiger partial charge on any atom is 0.340 e. The number of carboxylic acids is 1. The van der Waals surface area contributed by atoms with E-state index in [0.29, 0.717) is 5.69 Å². The fourth-order valence-corrected chi connectivity index (χ4v) is 2.45. The average molecular weight is 229 g/mol. The van der Waals surface area contributed by atoms with Gasteiger partial charge in [0.15, 0.2) is 0 Å². The molecule has 4 heteroatoms. The number of hydrogen-bond acceptors (Lipinski definition) is 3. The van der Waals surface area contributed by atoms with Gasteiger partial charge in [-0.15, -0.1) is 0 Å². The molecule has 0 unspecified atom stereocenters. The van der Waals surface area contributed by atoms with Crippen molar-refractivity contribution in [1.29, 1.82) is 0 Å². The maximum atomic E-state index is 11.0. The van der Waals surface area contributed by atoms with Gasteiger partial charge in [0.2, 0.25) is 0 Å². The second-order valence-electron chi connectivity index (χ2n) is 4.29. The Morgan fingerprint density at radius 3 is 2.53 bits per heavy atom. The van der Waals surface area contributed by atoms with Gasteiger partial charge < -0.3 is 9.63 Å². The van der Waals surface area contributed by atoms with Gasteiger partial charge in [-0.1, -0.05) is 29.4 Å². The Hall–Kier alpha value is -2.10. The Balaban J connectivity index is 1.94. The van der Waals surface area contributed by atoms with E-state index >= 15 is 0 Å². The number of aromatic carboxylic acids is 1. The van der Waals surface area contributed by atoms with Crippen LogP contribution in [0.3, 0.4) is 0 Å². The van der Waals surface area contributed by atoms with Crippen LogP contribution in [0.1, 0.15) is 33.1 Å². The predicted molar refractivity (Wildman–Crippen MR) is 60.1 cm³/mol. The van der Waals surface area contributed by atoms with Crippen LogP contribution in [0, 0.1) is 0 Å². The minimum absolute atomic E-state index is 0.122. The van der Waals surface area contributed by atoms with Crippen LogP contribution in [0.15, 0.2) is 35.1 Å². The molecule has 0 amide bonds. The van der Waals surface area contributed by atoms with Crippen molar-refractivity contribution >= 4 is 5.97 Å². The zero-order chi connectivity index (χ0) is 11.8. The molecule has 0 radical (unpaired) electrons. The lowest BCUT2D eigenvalue weighted by Gasteiger charge is -2.04. The van der Waals surface area contributed by atoms with Crippen LogP contribution in [-0.2, 0) is 12.8 Å². The van der Waals surface area contributed by atoms with Gasteiger partial charge in [-0.05, 0) is 24.0 Å². The van der Waals surface area contributed by atoms with E-state index in [-0.39, 0.29) is 11.5 Å². The molecule has 1 aromatic carbocycles. The summed E-state index contributed by atoms with van der Waals surface area (Å²) in [6.45, 7) is 0. The minimum Gasteiger partial charge on any atom is -0.478 e. The molecule has 2 aromatic rings. The molecular formula is C13H11NO3. The number of nitrogens with zero attached hydrogens (tertiary/aromatic N) is 1. The van der Waals surface area contributed by atoms with Crippen LogP contribution < -0.4 is 0 Å². The second-order valence-corrected chi connectivity index (χ2v) is 4.29. The van der Waals surface area contributed by atoms with E-state index in [9.17, 15) is 4.79 Å². The molecule has 0 spiro atoms. The van der Waals surface area contributed by atoms with Gasteiger partial charge in [0.25, 0.3) is 0 Å². The van der Waals surface area contributed by atoms with Crippen LogP contribution in [0.25, 0.3) is 0 Å². The van der Waals surface area contributed by atoms with Gasteiger partial charge in [0, 0.05) is 5.92 Å². The summed E-state index contributed by atoms with van der Waals surface area (Å²) in [6.07, 6.45) is 2.88. The van der Waals surface area contributed by atoms with Crippen molar-refractivity contribution in [2.45, 2.75) is 18.8 Å². The van der Waals surface area contributed by atoms with Gasteiger partial charge >= 0.3 is 5.97 Å². The molecule has 1 N–H and O–H groups in total. The fraction of sp³-hybridized carbons (Fsp3) is 0.231. The van der Waals surface area contributed by atoms with Crippen molar-refractivity contribution in [3.8, 4) is 0 Å². The molecule has 0 saturated carbocycles. The summed E-state index contributed by atoms with van der Waals surface area (Å²) in [7, 11) is 0. The molecule has 1 aromatic heterocycles. The Labute approximate surface area is 97.9 Å². The number of aromatic nitrogens is 1. The van der Waals surface area contributed by atoms with E-state index in [4.69, 9.17) is 9.63 Å². The van der Waals surface area contributed by atoms with Crippen molar-refractivity contribution in [1.82, 2.24) is 5.16 Å². The van der Waals surface area contributed by atoms with Crippen molar-refractivity contribution in [3.05, 3.63) is 52.9 Å². The summed E-state index contributed by atoms with van der Waals surface area (Å²) in [6, 6.07) is 8.16.